The van der Waals surface area contributed by atoms with Gasteiger partial charge in [0.25, 0.3) is 0 Å². The molecular weight excluding hydrogens is 239 g/mol. The Labute approximate surface area is 95.2 Å². The molecule has 0 atom stereocenters. The fourth-order valence-electron chi connectivity index (χ4n) is 1.37. The SMILES string of the molecule is O=C(O)Cc1cc2cc(Cl)cc(Cl)c2o1. The Balaban J connectivity index is 2.55. The molecule has 5 heteroatoms. The van der Waals surface area contributed by atoms with Crippen LogP contribution in [0.4, 0.5) is 0 Å². The van der Waals surface area contributed by atoms with Crippen molar-refractivity contribution in [2.75, 3.05) is 0 Å². The number of rotatable bonds is 2. The van der Waals surface area contributed by atoms with Gasteiger partial charge in [-0.3, -0.25) is 4.79 Å². The first kappa shape index (κ1) is 10.3. The molecule has 0 saturated carbocycles. The third kappa shape index (κ3) is 2.08. The first-order valence-electron chi connectivity index (χ1n) is 4.15. The van der Waals surface area contributed by atoms with E-state index in [4.69, 9.17) is 32.7 Å². The lowest BCUT2D eigenvalue weighted by molar-refractivity contribution is -0.136. The molecule has 0 unspecified atom stereocenters. The highest BCUT2D eigenvalue weighted by Crippen LogP contribution is 2.30. The van der Waals surface area contributed by atoms with Gasteiger partial charge in [-0.15, -0.1) is 0 Å². The fraction of sp³-hybridized carbons (Fsp3) is 0.100. The summed E-state index contributed by atoms with van der Waals surface area (Å²) in [4.78, 5) is 10.5. The Hall–Kier alpha value is -1.19. The van der Waals surface area contributed by atoms with Crippen LogP contribution < -0.4 is 0 Å². The first-order valence-corrected chi connectivity index (χ1v) is 4.91. The average molecular weight is 245 g/mol. The monoisotopic (exact) mass is 244 g/mol. The van der Waals surface area contributed by atoms with Gasteiger partial charge in [0, 0.05) is 10.4 Å². The molecule has 0 aliphatic heterocycles. The summed E-state index contributed by atoms with van der Waals surface area (Å²) in [6, 6.07) is 4.86. The van der Waals surface area contributed by atoms with Crippen LogP contribution in [0.15, 0.2) is 22.6 Å². The van der Waals surface area contributed by atoms with Crippen molar-refractivity contribution in [3.05, 3.63) is 34.0 Å². The van der Waals surface area contributed by atoms with E-state index >= 15 is 0 Å². The summed E-state index contributed by atoms with van der Waals surface area (Å²) in [7, 11) is 0. The smallest absolute Gasteiger partial charge is 0.311 e. The molecule has 0 bridgehead atoms. The molecule has 1 aromatic heterocycles. The lowest BCUT2D eigenvalue weighted by Gasteiger charge is -1.93. The Morgan fingerprint density at radius 1 is 1.33 bits per heavy atom. The summed E-state index contributed by atoms with van der Waals surface area (Å²) in [5.41, 5.74) is 0.470. The topological polar surface area (TPSA) is 50.4 Å². The number of hydrogen-bond donors (Lipinski definition) is 1. The number of carboxylic acids is 1. The van der Waals surface area contributed by atoms with Crippen molar-refractivity contribution in [3.63, 3.8) is 0 Å². The van der Waals surface area contributed by atoms with Crippen LogP contribution >= 0.6 is 23.2 Å². The molecule has 0 radical (unpaired) electrons. The second-order valence-electron chi connectivity index (χ2n) is 3.09. The molecule has 15 heavy (non-hydrogen) atoms. The summed E-state index contributed by atoms with van der Waals surface area (Å²) in [6.07, 6.45) is -0.164. The normalized spacial score (nSPS) is 10.8. The standard InChI is InChI=1S/C10H6Cl2O3/c11-6-1-5-2-7(4-9(13)14)15-10(5)8(12)3-6/h1-3H,4H2,(H,13,14). The molecule has 0 aliphatic carbocycles. The van der Waals surface area contributed by atoms with Gasteiger partial charge < -0.3 is 9.52 Å². The number of halogens is 2. The molecule has 2 aromatic rings. The van der Waals surface area contributed by atoms with E-state index in [2.05, 4.69) is 0 Å². The number of aliphatic carboxylic acids is 1. The van der Waals surface area contributed by atoms with Crippen molar-refractivity contribution in [3.8, 4) is 0 Å². The van der Waals surface area contributed by atoms with E-state index in [0.717, 1.165) is 0 Å². The zero-order valence-electron chi connectivity index (χ0n) is 7.46. The van der Waals surface area contributed by atoms with E-state index in [9.17, 15) is 4.79 Å². The largest absolute Gasteiger partial charge is 0.481 e. The van der Waals surface area contributed by atoms with Crippen molar-refractivity contribution in [2.45, 2.75) is 6.42 Å². The third-order valence-corrected chi connectivity index (χ3v) is 2.41. The van der Waals surface area contributed by atoms with Crippen LogP contribution in [0.2, 0.25) is 10.0 Å². The summed E-state index contributed by atoms with van der Waals surface area (Å²) in [6.45, 7) is 0. The second-order valence-corrected chi connectivity index (χ2v) is 3.93. The van der Waals surface area contributed by atoms with Gasteiger partial charge in [0.05, 0.1) is 5.02 Å². The number of fused-ring (bicyclic) bond motifs is 1. The zero-order chi connectivity index (χ0) is 11.0. The maximum atomic E-state index is 10.5. The highest BCUT2D eigenvalue weighted by atomic mass is 35.5. The van der Waals surface area contributed by atoms with E-state index in [1.807, 2.05) is 0 Å². The van der Waals surface area contributed by atoms with E-state index in [1.165, 1.54) is 0 Å². The molecular formula is C10H6Cl2O3. The van der Waals surface area contributed by atoms with Gasteiger partial charge in [0.2, 0.25) is 0 Å². The summed E-state index contributed by atoms with van der Waals surface area (Å²) >= 11 is 11.7. The van der Waals surface area contributed by atoms with Crippen LogP contribution in [0, 0.1) is 0 Å². The van der Waals surface area contributed by atoms with E-state index in [1.54, 1.807) is 18.2 Å². The first-order chi connectivity index (χ1) is 7.06. The van der Waals surface area contributed by atoms with Crippen molar-refractivity contribution >= 4 is 40.1 Å². The molecule has 2 rings (SSSR count). The molecule has 3 nitrogen and oxygen atoms in total. The fourth-order valence-corrected chi connectivity index (χ4v) is 1.91. The molecule has 0 fully saturated rings. The lowest BCUT2D eigenvalue weighted by Crippen LogP contribution is -1.97. The van der Waals surface area contributed by atoms with Gasteiger partial charge >= 0.3 is 5.97 Å². The van der Waals surface area contributed by atoms with E-state index in [-0.39, 0.29) is 6.42 Å². The van der Waals surface area contributed by atoms with Crippen LogP contribution in [0.5, 0.6) is 0 Å². The van der Waals surface area contributed by atoms with Gasteiger partial charge in [0.15, 0.2) is 5.58 Å². The van der Waals surface area contributed by atoms with Gasteiger partial charge in [-0.2, -0.15) is 0 Å². The summed E-state index contributed by atoms with van der Waals surface area (Å²) < 4.78 is 5.29. The summed E-state index contributed by atoms with van der Waals surface area (Å²) in [5, 5.41) is 10.2. The predicted molar refractivity (Wildman–Crippen MR) is 57.6 cm³/mol. The number of benzene rings is 1. The minimum absolute atomic E-state index is 0.164. The van der Waals surface area contributed by atoms with Gasteiger partial charge in [-0.25, -0.2) is 0 Å². The van der Waals surface area contributed by atoms with Crippen molar-refractivity contribution in [1.29, 1.82) is 0 Å². The number of carbonyl (C=O) groups is 1. The molecule has 1 N–H and O–H groups in total. The third-order valence-electron chi connectivity index (χ3n) is 1.91. The average Bonchev–Trinajstić information content (AvgIpc) is 2.45. The zero-order valence-corrected chi connectivity index (χ0v) is 8.97. The van der Waals surface area contributed by atoms with Crippen LogP contribution in [-0.2, 0) is 11.2 Å². The van der Waals surface area contributed by atoms with Crippen molar-refractivity contribution in [1.82, 2.24) is 0 Å². The molecule has 0 spiro atoms. The molecule has 78 valence electrons. The Bertz CT molecular complexity index is 531. The van der Waals surface area contributed by atoms with Gasteiger partial charge in [0.1, 0.15) is 12.2 Å². The van der Waals surface area contributed by atoms with E-state index < -0.39 is 5.97 Å². The van der Waals surface area contributed by atoms with Gasteiger partial charge in [-0.05, 0) is 18.2 Å². The van der Waals surface area contributed by atoms with E-state index in [0.29, 0.717) is 26.8 Å². The Morgan fingerprint density at radius 2 is 2.07 bits per heavy atom. The van der Waals surface area contributed by atoms with Crippen LogP contribution in [0.25, 0.3) is 11.0 Å². The van der Waals surface area contributed by atoms with Crippen molar-refractivity contribution < 1.29 is 14.3 Å². The summed E-state index contributed by atoms with van der Waals surface area (Å²) in [5.74, 6) is -0.585. The quantitative estimate of drug-likeness (QED) is 0.882. The van der Waals surface area contributed by atoms with Crippen molar-refractivity contribution in [2.24, 2.45) is 0 Å². The number of hydrogen-bond acceptors (Lipinski definition) is 2. The molecule has 0 saturated heterocycles. The maximum Gasteiger partial charge on any atom is 0.311 e. The van der Waals surface area contributed by atoms with Crippen LogP contribution in [0.3, 0.4) is 0 Å². The van der Waals surface area contributed by atoms with Gasteiger partial charge in [-0.1, -0.05) is 23.2 Å². The lowest BCUT2D eigenvalue weighted by atomic mass is 10.2. The number of furan rings is 1. The minimum atomic E-state index is -0.948. The number of carboxylic acid groups (broad SMARTS) is 1. The van der Waals surface area contributed by atoms with Crippen LogP contribution in [-0.4, -0.2) is 11.1 Å². The highest BCUT2D eigenvalue weighted by Gasteiger charge is 2.10. The molecule has 1 aromatic carbocycles. The Kier molecular flexibility index (Phi) is 2.59. The van der Waals surface area contributed by atoms with Crippen LogP contribution in [0.1, 0.15) is 5.76 Å². The Morgan fingerprint density at radius 3 is 2.73 bits per heavy atom. The maximum absolute atomic E-state index is 10.5. The molecule has 1 heterocycles. The predicted octanol–water partition coefficient (Wildman–Crippen LogP) is 3.37. The molecule has 0 amide bonds. The molecule has 0 aliphatic rings. The highest BCUT2D eigenvalue weighted by molar-refractivity contribution is 6.38. The second kappa shape index (κ2) is 3.76. The minimum Gasteiger partial charge on any atom is -0.481 e.